The smallest absolute Gasteiger partial charge is 0.321 e. The van der Waals surface area contributed by atoms with E-state index in [4.69, 9.17) is 4.74 Å². The number of nitrogens with zero attached hydrogens (tertiary/aromatic N) is 4. The topological polar surface area (TPSA) is 80.2 Å². The molecule has 1 fully saturated rings. The Bertz CT molecular complexity index is 750. The van der Waals surface area contributed by atoms with Gasteiger partial charge in [0.2, 0.25) is 5.95 Å². The molecule has 1 aliphatic rings. The van der Waals surface area contributed by atoms with E-state index in [-0.39, 0.29) is 18.1 Å². The third-order valence-corrected chi connectivity index (χ3v) is 3.96. The number of rotatable bonds is 5. The number of hydrogen-bond donors (Lipinski definition) is 1. The minimum absolute atomic E-state index is 0.106. The zero-order valence-electron chi connectivity index (χ0n) is 14.0. The summed E-state index contributed by atoms with van der Waals surface area (Å²) in [7, 11) is 1.49. The lowest BCUT2D eigenvalue weighted by Crippen LogP contribution is -2.32. The molecule has 1 amide bonds. The number of hydrogen-bond acceptors (Lipinski definition) is 6. The quantitative estimate of drug-likeness (QED) is 0.892. The maximum atomic E-state index is 13.2. The first kappa shape index (κ1) is 17.1. The fourth-order valence-electron chi connectivity index (χ4n) is 2.68. The first-order chi connectivity index (χ1) is 12.2. The standard InChI is InChI=1S/C17H20FN5O2/c1-25-17-21-14(20-16(22-17)23-8-3-2-4-9-23)11-19-15(24)12-6-5-7-13(18)10-12/h5-7,10H,2-4,8-9,11H2,1H3,(H,19,24). The van der Waals surface area contributed by atoms with Gasteiger partial charge in [-0.25, -0.2) is 4.39 Å². The zero-order chi connectivity index (χ0) is 17.6. The maximum absolute atomic E-state index is 13.2. The highest BCUT2D eigenvalue weighted by Gasteiger charge is 2.17. The number of methoxy groups -OCH3 is 1. The normalized spacial score (nSPS) is 14.2. The van der Waals surface area contributed by atoms with Crippen molar-refractivity contribution in [1.82, 2.24) is 20.3 Å². The van der Waals surface area contributed by atoms with Gasteiger partial charge in [-0.15, -0.1) is 0 Å². The van der Waals surface area contributed by atoms with E-state index < -0.39 is 11.7 Å². The van der Waals surface area contributed by atoms with Crippen molar-refractivity contribution in [3.05, 3.63) is 41.5 Å². The van der Waals surface area contributed by atoms with Gasteiger partial charge in [0.1, 0.15) is 5.82 Å². The van der Waals surface area contributed by atoms with Crippen molar-refractivity contribution in [3.8, 4) is 6.01 Å². The van der Waals surface area contributed by atoms with Crippen molar-refractivity contribution >= 4 is 11.9 Å². The molecule has 7 nitrogen and oxygen atoms in total. The summed E-state index contributed by atoms with van der Waals surface area (Å²) in [5.41, 5.74) is 0.247. The van der Waals surface area contributed by atoms with Crippen LogP contribution in [0.3, 0.4) is 0 Å². The van der Waals surface area contributed by atoms with Crippen LogP contribution in [0.2, 0.25) is 0 Å². The van der Waals surface area contributed by atoms with E-state index in [9.17, 15) is 9.18 Å². The largest absolute Gasteiger partial charge is 0.467 e. The molecule has 2 aromatic rings. The number of carbonyl (C=O) groups excluding carboxylic acids is 1. The van der Waals surface area contributed by atoms with Crippen LogP contribution in [-0.2, 0) is 6.54 Å². The van der Waals surface area contributed by atoms with E-state index in [1.165, 1.54) is 31.7 Å². The zero-order valence-corrected chi connectivity index (χ0v) is 14.0. The molecule has 3 rings (SSSR count). The van der Waals surface area contributed by atoms with Crippen molar-refractivity contribution in [2.24, 2.45) is 0 Å². The van der Waals surface area contributed by atoms with Gasteiger partial charge in [-0.2, -0.15) is 15.0 Å². The minimum atomic E-state index is -0.457. The van der Waals surface area contributed by atoms with Gasteiger partial charge in [0.05, 0.1) is 13.7 Å². The average molecular weight is 345 g/mol. The second-order valence-electron chi connectivity index (χ2n) is 5.78. The molecular weight excluding hydrogens is 325 g/mol. The van der Waals surface area contributed by atoms with Crippen LogP contribution in [0.25, 0.3) is 0 Å². The number of ether oxygens (including phenoxy) is 1. The van der Waals surface area contributed by atoms with Crippen LogP contribution in [0, 0.1) is 5.82 Å². The molecule has 0 bridgehead atoms. The molecule has 1 aromatic heterocycles. The molecule has 2 heterocycles. The molecule has 0 radical (unpaired) electrons. The van der Waals surface area contributed by atoms with Crippen LogP contribution in [0.15, 0.2) is 24.3 Å². The third kappa shape index (κ3) is 4.40. The van der Waals surface area contributed by atoms with Crippen LogP contribution >= 0.6 is 0 Å². The van der Waals surface area contributed by atoms with Crippen LogP contribution < -0.4 is 15.0 Å². The summed E-state index contributed by atoms with van der Waals surface area (Å²) in [5, 5.41) is 2.69. The Kier molecular flexibility index (Phi) is 5.37. The molecular formula is C17H20FN5O2. The van der Waals surface area contributed by atoms with Crippen LogP contribution in [-0.4, -0.2) is 41.1 Å². The van der Waals surface area contributed by atoms with Gasteiger partial charge < -0.3 is 15.0 Å². The summed E-state index contributed by atoms with van der Waals surface area (Å²) < 4.78 is 18.4. The Labute approximate surface area is 145 Å². The molecule has 1 N–H and O–H groups in total. The molecule has 1 saturated heterocycles. The molecule has 0 saturated carbocycles. The van der Waals surface area contributed by atoms with Gasteiger partial charge in [-0.3, -0.25) is 4.79 Å². The third-order valence-electron chi connectivity index (χ3n) is 3.96. The summed E-state index contributed by atoms with van der Waals surface area (Å²) >= 11 is 0. The van der Waals surface area contributed by atoms with Crippen LogP contribution in [0.4, 0.5) is 10.3 Å². The summed E-state index contributed by atoms with van der Waals surface area (Å²) in [6.45, 7) is 1.89. The van der Waals surface area contributed by atoms with E-state index in [0.717, 1.165) is 25.9 Å². The van der Waals surface area contributed by atoms with E-state index >= 15 is 0 Å². The number of anilines is 1. The maximum Gasteiger partial charge on any atom is 0.321 e. The Morgan fingerprint density at radius 3 is 2.76 bits per heavy atom. The van der Waals surface area contributed by atoms with Gasteiger partial charge in [0.25, 0.3) is 5.91 Å². The van der Waals surface area contributed by atoms with Crippen molar-refractivity contribution in [1.29, 1.82) is 0 Å². The molecule has 8 heteroatoms. The van der Waals surface area contributed by atoms with Crippen LogP contribution in [0.1, 0.15) is 35.4 Å². The first-order valence-electron chi connectivity index (χ1n) is 8.23. The summed E-state index contributed by atoms with van der Waals surface area (Å²) in [6, 6.07) is 5.72. The number of amides is 1. The Morgan fingerprint density at radius 2 is 2.04 bits per heavy atom. The van der Waals surface area contributed by atoms with E-state index in [2.05, 4.69) is 25.2 Å². The summed E-state index contributed by atoms with van der Waals surface area (Å²) in [6.07, 6.45) is 3.40. The number of piperidine rings is 1. The van der Waals surface area contributed by atoms with Gasteiger partial charge >= 0.3 is 6.01 Å². The van der Waals surface area contributed by atoms with E-state index in [0.29, 0.717) is 11.8 Å². The highest BCUT2D eigenvalue weighted by Crippen LogP contribution is 2.17. The number of nitrogens with one attached hydrogen (secondary N) is 1. The second kappa shape index (κ2) is 7.87. The van der Waals surface area contributed by atoms with Crippen molar-refractivity contribution < 1.29 is 13.9 Å². The molecule has 0 unspecified atom stereocenters. The van der Waals surface area contributed by atoms with Gasteiger partial charge in [-0.1, -0.05) is 6.07 Å². The number of benzene rings is 1. The second-order valence-corrected chi connectivity index (χ2v) is 5.78. The lowest BCUT2D eigenvalue weighted by Gasteiger charge is -2.26. The molecule has 25 heavy (non-hydrogen) atoms. The number of carbonyl (C=O) groups is 1. The molecule has 1 aliphatic heterocycles. The van der Waals surface area contributed by atoms with Crippen molar-refractivity contribution in [2.75, 3.05) is 25.1 Å². The highest BCUT2D eigenvalue weighted by molar-refractivity contribution is 5.94. The Hall–Kier alpha value is -2.77. The SMILES string of the molecule is COc1nc(CNC(=O)c2cccc(F)c2)nc(N2CCCCC2)n1. The average Bonchev–Trinajstić information content (AvgIpc) is 2.66. The highest BCUT2D eigenvalue weighted by atomic mass is 19.1. The fourth-order valence-corrected chi connectivity index (χ4v) is 2.68. The fraction of sp³-hybridized carbons (Fsp3) is 0.412. The molecule has 0 atom stereocenters. The summed E-state index contributed by atoms with van der Waals surface area (Å²) in [4.78, 5) is 27.1. The monoisotopic (exact) mass is 345 g/mol. The first-order valence-corrected chi connectivity index (χ1v) is 8.23. The molecule has 1 aromatic carbocycles. The van der Waals surface area contributed by atoms with E-state index in [1.807, 2.05) is 0 Å². The Balaban J connectivity index is 1.71. The predicted molar refractivity (Wildman–Crippen MR) is 90.0 cm³/mol. The summed E-state index contributed by atoms with van der Waals surface area (Å²) in [5.74, 6) is 0.110. The van der Waals surface area contributed by atoms with Crippen molar-refractivity contribution in [3.63, 3.8) is 0 Å². The van der Waals surface area contributed by atoms with Crippen LogP contribution in [0.5, 0.6) is 6.01 Å². The number of halogens is 1. The molecule has 0 aliphatic carbocycles. The van der Waals surface area contributed by atoms with Gasteiger partial charge in [0, 0.05) is 18.7 Å². The lowest BCUT2D eigenvalue weighted by atomic mass is 10.1. The predicted octanol–water partition coefficient (Wildman–Crippen LogP) is 1.94. The minimum Gasteiger partial charge on any atom is -0.467 e. The Morgan fingerprint density at radius 1 is 1.24 bits per heavy atom. The number of aromatic nitrogens is 3. The lowest BCUT2D eigenvalue weighted by molar-refractivity contribution is 0.0949. The molecule has 132 valence electrons. The van der Waals surface area contributed by atoms with Gasteiger partial charge in [-0.05, 0) is 37.5 Å². The molecule has 0 spiro atoms. The van der Waals surface area contributed by atoms with Crippen molar-refractivity contribution in [2.45, 2.75) is 25.8 Å². The van der Waals surface area contributed by atoms with E-state index in [1.54, 1.807) is 6.07 Å². The van der Waals surface area contributed by atoms with Gasteiger partial charge in [0.15, 0.2) is 5.82 Å².